The fraction of sp³-hybridized carbons (Fsp3) is 0.357. The van der Waals surface area contributed by atoms with Crippen molar-refractivity contribution in [2.45, 2.75) is 123 Å². The first kappa shape index (κ1) is 49.0. The SMILES string of the molecule is CCC1(CC)C2=N/C(=C\c3ccc([n-]3)C(CC)(CC)C3=N/C(=C\c4ccc1[n-]4)C=C3)C=C2.CCC1(CC)C2=N/C(=C\c3ccc([n-]3)C(CC)(CC)c3ccc([n-]3)/C=C3/C=CC1=N3)C=C2.[Pd+2].[Pd+2]. The van der Waals surface area contributed by atoms with Crippen molar-refractivity contribution in [3.63, 3.8) is 0 Å². The second-order valence-electron chi connectivity index (χ2n) is 17.8. The molecule has 0 spiro atoms. The second-order valence-corrected chi connectivity index (χ2v) is 17.8. The van der Waals surface area contributed by atoms with Crippen LogP contribution in [0.1, 0.15) is 152 Å². The van der Waals surface area contributed by atoms with E-state index in [2.05, 4.69) is 177 Å². The molecule has 16 bridgehead atoms. The molecule has 344 valence electrons. The number of hydrogen-bond donors (Lipinski definition) is 0. The zero-order valence-electron chi connectivity index (χ0n) is 39.4. The Morgan fingerprint density at radius 2 is 0.530 bits per heavy atom. The molecule has 66 heavy (non-hydrogen) atoms. The number of rotatable bonds is 8. The van der Waals surface area contributed by atoms with Crippen LogP contribution >= 0.6 is 0 Å². The maximum absolute atomic E-state index is 5.03. The summed E-state index contributed by atoms with van der Waals surface area (Å²) in [6.07, 6.45) is 33.0. The minimum atomic E-state index is -0.190. The third-order valence-corrected chi connectivity index (χ3v) is 15.2. The Balaban J connectivity index is 0.000000191. The van der Waals surface area contributed by atoms with Gasteiger partial charge in [-0.1, -0.05) is 128 Å². The van der Waals surface area contributed by atoms with Crippen LogP contribution in [0.3, 0.4) is 0 Å². The van der Waals surface area contributed by atoms with Crippen LogP contribution in [0, 0.1) is 5.41 Å². The van der Waals surface area contributed by atoms with Gasteiger partial charge in [-0.3, -0.25) is 20.0 Å². The van der Waals surface area contributed by atoms with E-state index >= 15 is 0 Å². The van der Waals surface area contributed by atoms with Gasteiger partial charge in [0.1, 0.15) is 0 Å². The second kappa shape index (κ2) is 19.7. The van der Waals surface area contributed by atoms with E-state index in [-0.39, 0.29) is 62.5 Å². The van der Waals surface area contributed by atoms with Crippen LogP contribution in [-0.4, -0.2) is 22.8 Å². The molecule has 6 aliphatic heterocycles. The maximum Gasteiger partial charge on any atom is 2.00 e. The van der Waals surface area contributed by atoms with Gasteiger partial charge >= 0.3 is 40.8 Å². The fourth-order valence-electron chi connectivity index (χ4n) is 10.8. The summed E-state index contributed by atoms with van der Waals surface area (Å²) in [7, 11) is 0. The van der Waals surface area contributed by atoms with Gasteiger partial charge in [0.25, 0.3) is 0 Å². The molecule has 0 radical (unpaired) electrons. The van der Waals surface area contributed by atoms with Crippen LogP contribution < -0.4 is 19.9 Å². The molecule has 0 atom stereocenters. The smallest absolute Gasteiger partial charge is 0.661 e. The summed E-state index contributed by atoms with van der Waals surface area (Å²) in [5.41, 5.74) is 15.5. The summed E-state index contributed by atoms with van der Waals surface area (Å²) in [5, 5.41) is 0. The summed E-state index contributed by atoms with van der Waals surface area (Å²) in [4.78, 5) is 40.3. The topological polar surface area (TPSA) is 106 Å². The Morgan fingerprint density at radius 1 is 0.303 bits per heavy atom. The van der Waals surface area contributed by atoms with Crippen molar-refractivity contribution < 1.29 is 40.8 Å². The summed E-state index contributed by atoms with van der Waals surface area (Å²) in [6.45, 7) is 17.8. The van der Waals surface area contributed by atoms with Gasteiger partial charge in [-0.05, 0) is 105 Å². The summed E-state index contributed by atoms with van der Waals surface area (Å²) in [6, 6.07) is 17.1. The molecule has 0 unspecified atom stereocenters. The van der Waals surface area contributed by atoms with Gasteiger partial charge in [0.2, 0.25) is 0 Å². The van der Waals surface area contributed by atoms with E-state index < -0.39 is 0 Å². The zero-order valence-corrected chi connectivity index (χ0v) is 42.5. The summed E-state index contributed by atoms with van der Waals surface area (Å²) in [5.74, 6) is 0. The third-order valence-electron chi connectivity index (χ3n) is 15.2. The Kier molecular flexibility index (Phi) is 14.6. The third kappa shape index (κ3) is 8.28. The Labute approximate surface area is 419 Å². The van der Waals surface area contributed by atoms with Crippen LogP contribution in [0.15, 0.2) is 140 Å². The predicted octanol–water partition coefficient (Wildman–Crippen LogP) is 12.4. The van der Waals surface area contributed by atoms with E-state index in [0.717, 1.165) is 143 Å². The average Bonchev–Trinajstić information content (AvgIpc) is 4.16. The molecular weight excluding hydrogens is 998 g/mol. The van der Waals surface area contributed by atoms with Gasteiger partial charge in [-0.25, -0.2) is 0 Å². The molecule has 10 heterocycles. The number of fused-ring (bicyclic) bond motifs is 12. The van der Waals surface area contributed by atoms with Gasteiger partial charge < -0.3 is 19.9 Å². The molecule has 0 aliphatic carbocycles. The standard InChI is InChI=1S/2C28H30N4.2Pd/c2*1-5-27(6-2)23-13-9-19(29-23)17-21-11-15-25(31-21)28(7-3,8-4)26-16-12-22(32-26)18-20-10-14-24(27)30-20;;/h2*9-18H,5-8H2,1-4H3;;/q2*-2;2*+2/b19-17-,22-18-;19-17-,20-18-;;. The van der Waals surface area contributed by atoms with E-state index in [0.29, 0.717) is 0 Å². The minimum Gasteiger partial charge on any atom is -0.661 e. The molecule has 0 fully saturated rings. The van der Waals surface area contributed by atoms with Crippen LogP contribution in [0.2, 0.25) is 0 Å². The molecular formula is C56H60N8Pd2. The van der Waals surface area contributed by atoms with Gasteiger partial charge in [0.15, 0.2) is 0 Å². The first-order valence-electron chi connectivity index (χ1n) is 23.7. The van der Waals surface area contributed by atoms with Crippen LogP contribution in [-0.2, 0) is 57.1 Å². The Bertz CT molecular complexity index is 2640. The van der Waals surface area contributed by atoms with Crippen LogP contribution in [0.25, 0.3) is 24.3 Å². The number of nitrogens with zero attached hydrogens (tertiary/aromatic N) is 8. The number of aromatic nitrogens is 4. The normalized spacial score (nSPS) is 22.7. The molecule has 0 saturated heterocycles. The minimum absolute atomic E-state index is 0. The summed E-state index contributed by atoms with van der Waals surface area (Å²) >= 11 is 0. The van der Waals surface area contributed by atoms with E-state index in [1.165, 1.54) is 0 Å². The fourth-order valence-corrected chi connectivity index (χ4v) is 10.8. The van der Waals surface area contributed by atoms with Crippen LogP contribution in [0.5, 0.6) is 0 Å². The molecule has 4 aromatic rings. The quantitative estimate of drug-likeness (QED) is 0.164. The molecule has 0 amide bonds. The molecule has 10 heteroatoms. The average molecular weight is 1060 g/mol. The van der Waals surface area contributed by atoms with Crippen molar-refractivity contribution >= 4 is 47.2 Å². The molecule has 8 nitrogen and oxygen atoms in total. The molecule has 0 N–H and O–H groups in total. The number of hydrogen-bond acceptors (Lipinski definition) is 4. The largest absolute Gasteiger partial charge is 2.00 e. The summed E-state index contributed by atoms with van der Waals surface area (Å²) < 4.78 is 0. The molecule has 10 rings (SSSR count). The van der Waals surface area contributed by atoms with E-state index in [1.807, 2.05) is 0 Å². The van der Waals surface area contributed by atoms with Crippen molar-refractivity contribution in [3.05, 3.63) is 165 Å². The number of aliphatic imine (C=N–C) groups is 4. The molecule has 4 aromatic heterocycles. The first-order chi connectivity index (χ1) is 31.1. The predicted molar refractivity (Wildman–Crippen MR) is 266 cm³/mol. The molecule has 0 aromatic carbocycles. The molecule has 6 aliphatic rings. The van der Waals surface area contributed by atoms with Gasteiger partial charge in [0, 0.05) is 22.3 Å². The van der Waals surface area contributed by atoms with E-state index in [1.54, 1.807) is 0 Å². The van der Waals surface area contributed by atoms with Crippen molar-refractivity contribution in [3.8, 4) is 0 Å². The van der Waals surface area contributed by atoms with E-state index in [4.69, 9.17) is 39.9 Å². The van der Waals surface area contributed by atoms with Crippen molar-refractivity contribution in [1.29, 1.82) is 0 Å². The van der Waals surface area contributed by atoms with Gasteiger partial charge in [-0.2, -0.15) is 11.4 Å². The van der Waals surface area contributed by atoms with Gasteiger partial charge in [-0.15, -0.1) is 34.2 Å². The maximum atomic E-state index is 5.03. The zero-order chi connectivity index (χ0) is 44.7. The van der Waals surface area contributed by atoms with Gasteiger partial charge in [0.05, 0.1) is 39.6 Å². The monoisotopic (exact) mass is 1060 g/mol. The van der Waals surface area contributed by atoms with Crippen molar-refractivity contribution in [1.82, 2.24) is 19.9 Å². The van der Waals surface area contributed by atoms with Crippen molar-refractivity contribution in [2.24, 2.45) is 25.4 Å². The molecule has 0 saturated carbocycles. The Hall–Kier alpha value is -4.96. The van der Waals surface area contributed by atoms with Crippen LogP contribution in [0.4, 0.5) is 0 Å². The first-order valence-corrected chi connectivity index (χ1v) is 23.7. The van der Waals surface area contributed by atoms with E-state index in [9.17, 15) is 0 Å². The van der Waals surface area contributed by atoms with Crippen molar-refractivity contribution in [2.75, 3.05) is 0 Å². The Morgan fingerprint density at radius 3 is 0.773 bits per heavy atom. The number of allylic oxidation sites excluding steroid dienone is 8.